The first-order chi connectivity index (χ1) is 11.0. The van der Waals surface area contributed by atoms with Crippen molar-refractivity contribution in [2.75, 3.05) is 27.7 Å². The molecule has 0 heterocycles. The summed E-state index contributed by atoms with van der Waals surface area (Å²) in [4.78, 5) is 15.3. The van der Waals surface area contributed by atoms with Crippen molar-refractivity contribution in [1.82, 2.24) is 10.2 Å². The summed E-state index contributed by atoms with van der Waals surface area (Å²) in [6.07, 6.45) is 0. The molecule has 0 aliphatic heterocycles. The number of hydrogen-bond donors (Lipinski definition) is 1. The minimum atomic E-state index is -0.707. The van der Waals surface area contributed by atoms with Crippen LogP contribution in [0.1, 0.15) is 18.1 Å². The number of amides is 1. The molecule has 2 aromatic rings. The van der Waals surface area contributed by atoms with Crippen molar-refractivity contribution >= 4 is 5.91 Å². The van der Waals surface area contributed by atoms with Crippen LogP contribution in [0, 0.1) is 5.92 Å². The SMILES string of the molecule is CNC(=O)C(c1ccccc1)(c1ccccc1)C(C)CN(C)C. The molecule has 1 atom stereocenters. The zero-order valence-corrected chi connectivity index (χ0v) is 14.4. The van der Waals surface area contributed by atoms with Crippen molar-refractivity contribution < 1.29 is 4.79 Å². The fourth-order valence-corrected chi connectivity index (χ4v) is 3.51. The fourth-order valence-electron chi connectivity index (χ4n) is 3.51. The van der Waals surface area contributed by atoms with Crippen LogP contribution in [0.4, 0.5) is 0 Å². The van der Waals surface area contributed by atoms with E-state index in [4.69, 9.17) is 0 Å². The van der Waals surface area contributed by atoms with Crippen LogP contribution < -0.4 is 5.32 Å². The zero-order valence-electron chi connectivity index (χ0n) is 14.4. The van der Waals surface area contributed by atoms with E-state index in [2.05, 4.69) is 41.4 Å². The first kappa shape index (κ1) is 17.2. The second-order valence-electron chi connectivity index (χ2n) is 6.28. The monoisotopic (exact) mass is 310 g/mol. The molecule has 23 heavy (non-hydrogen) atoms. The molecule has 1 N–H and O–H groups in total. The fraction of sp³-hybridized carbons (Fsp3) is 0.350. The standard InChI is InChI=1S/C20H26N2O/c1-16(15-22(3)4)20(19(23)21-2,17-11-7-5-8-12-17)18-13-9-6-10-14-18/h5-14,16H,15H2,1-4H3,(H,21,23). The lowest BCUT2D eigenvalue weighted by atomic mass is 9.65. The minimum absolute atomic E-state index is 0.0317. The first-order valence-electron chi connectivity index (χ1n) is 8.01. The normalized spacial score (nSPS) is 12.9. The van der Waals surface area contributed by atoms with Crippen molar-refractivity contribution in [2.24, 2.45) is 5.92 Å². The highest BCUT2D eigenvalue weighted by Crippen LogP contribution is 2.40. The number of nitrogens with one attached hydrogen (secondary N) is 1. The minimum Gasteiger partial charge on any atom is -0.358 e. The van der Waals surface area contributed by atoms with E-state index in [0.29, 0.717) is 0 Å². The molecule has 0 spiro atoms. The van der Waals surface area contributed by atoms with Gasteiger partial charge < -0.3 is 10.2 Å². The van der Waals surface area contributed by atoms with Gasteiger partial charge in [0.25, 0.3) is 0 Å². The molecule has 122 valence electrons. The summed E-state index contributed by atoms with van der Waals surface area (Å²) < 4.78 is 0. The van der Waals surface area contributed by atoms with Crippen LogP contribution in [0.15, 0.2) is 60.7 Å². The maximum atomic E-state index is 13.1. The number of rotatable bonds is 6. The van der Waals surface area contributed by atoms with Gasteiger partial charge in [0.15, 0.2) is 0 Å². The van der Waals surface area contributed by atoms with Crippen molar-refractivity contribution in [3.05, 3.63) is 71.8 Å². The Morgan fingerprint density at radius 3 is 1.78 bits per heavy atom. The molecular weight excluding hydrogens is 284 g/mol. The average Bonchev–Trinajstić information content (AvgIpc) is 2.56. The summed E-state index contributed by atoms with van der Waals surface area (Å²) >= 11 is 0. The first-order valence-corrected chi connectivity index (χ1v) is 8.01. The van der Waals surface area contributed by atoms with E-state index in [1.165, 1.54) is 0 Å². The lowest BCUT2D eigenvalue weighted by Gasteiger charge is -2.39. The Morgan fingerprint density at radius 2 is 1.43 bits per heavy atom. The number of carbonyl (C=O) groups excluding carboxylic acids is 1. The molecule has 0 aromatic heterocycles. The van der Waals surface area contributed by atoms with Crippen LogP contribution in [0.25, 0.3) is 0 Å². The van der Waals surface area contributed by atoms with Gasteiger partial charge >= 0.3 is 0 Å². The van der Waals surface area contributed by atoms with Gasteiger partial charge in [-0.25, -0.2) is 0 Å². The van der Waals surface area contributed by atoms with Gasteiger partial charge in [-0.05, 0) is 31.1 Å². The zero-order chi connectivity index (χ0) is 16.9. The second-order valence-corrected chi connectivity index (χ2v) is 6.28. The summed E-state index contributed by atoms with van der Waals surface area (Å²) in [6.45, 7) is 2.96. The summed E-state index contributed by atoms with van der Waals surface area (Å²) in [5.74, 6) is 0.145. The molecule has 1 unspecified atom stereocenters. The molecule has 0 aliphatic rings. The smallest absolute Gasteiger partial charge is 0.235 e. The van der Waals surface area contributed by atoms with Gasteiger partial charge in [0.05, 0.1) is 0 Å². The Hall–Kier alpha value is -2.13. The highest BCUT2D eigenvalue weighted by molar-refractivity contribution is 5.92. The third kappa shape index (κ3) is 3.30. The Balaban J connectivity index is 2.71. The third-order valence-corrected chi connectivity index (χ3v) is 4.42. The predicted molar refractivity (Wildman–Crippen MR) is 95.4 cm³/mol. The maximum absolute atomic E-state index is 13.1. The molecule has 2 rings (SSSR count). The highest BCUT2D eigenvalue weighted by Gasteiger charge is 2.46. The molecule has 0 bridgehead atoms. The van der Waals surface area contributed by atoms with Crippen LogP contribution in [-0.2, 0) is 10.2 Å². The van der Waals surface area contributed by atoms with E-state index in [9.17, 15) is 4.79 Å². The van der Waals surface area contributed by atoms with Gasteiger partial charge in [-0.1, -0.05) is 67.6 Å². The van der Waals surface area contributed by atoms with Gasteiger partial charge in [-0.3, -0.25) is 4.79 Å². The van der Waals surface area contributed by atoms with Crippen LogP contribution in [-0.4, -0.2) is 38.5 Å². The topological polar surface area (TPSA) is 32.3 Å². The Kier molecular flexibility index (Phi) is 5.56. The van der Waals surface area contributed by atoms with E-state index in [0.717, 1.165) is 17.7 Å². The van der Waals surface area contributed by atoms with Crippen molar-refractivity contribution in [3.8, 4) is 0 Å². The van der Waals surface area contributed by atoms with E-state index in [-0.39, 0.29) is 11.8 Å². The molecule has 3 nitrogen and oxygen atoms in total. The quantitative estimate of drug-likeness (QED) is 0.890. The van der Waals surface area contributed by atoms with Gasteiger partial charge in [-0.15, -0.1) is 0 Å². The van der Waals surface area contributed by atoms with Gasteiger partial charge in [-0.2, -0.15) is 0 Å². The molecule has 0 aliphatic carbocycles. The van der Waals surface area contributed by atoms with E-state index in [1.807, 2.05) is 50.5 Å². The summed E-state index contributed by atoms with van der Waals surface area (Å²) in [7, 11) is 5.80. The molecule has 0 fully saturated rings. The number of hydrogen-bond acceptors (Lipinski definition) is 2. The molecule has 3 heteroatoms. The number of carbonyl (C=O) groups is 1. The number of likely N-dealkylation sites (N-methyl/N-ethyl adjacent to an activating group) is 1. The van der Waals surface area contributed by atoms with Gasteiger partial charge in [0.2, 0.25) is 5.91 Å². The molecule has 0 saturated heterocycles. The van der Waals surface area contributed by atoms with Crippen molar-refractivity contribution in [2.45, 2.75) is 12.3 Å². The Bertz CT molecular complexity index is 583. The van der Waals surface area contributed by atoms with Gasteiger partial charge in [0, 0.05) is 13.6 Å². The lowest BCUT2D eigenvalue weighted by molar-refractivity contribution is -0.126. The largest absolute Gasteiger partial charge is 0.358 e. The maximum Gasteiger partial charge on any atom is 0.235 e. The van der Waals surface area contributed by atoms with Crippen LogP contribution in [0.3, 0.4) is 0 Å². The van der Waals surface area contributed by atoms with Crippen molar-refractivity contribution in [1.29, 1.82) is 0 Å². The molecule has 1 amide bonds. The Labute approximate surface area is 139 Å². The van der Waals surface area contributed by atoms with Crippen LogP contribution in [0.2, 0.25) is 0 Å². The van der Waals surface area contributed by atoms with Crippen LogP contribution >= 0.6 is 0 Å². The van der Waals surface area contributed by atoms with Crippen molar-refractivity contribution in [3.63, 3.8) is 0 Å². The molecule has 2 aromatic carbocycles. The van der Waals surface area contributed by atoms with E-state index in [1.54, 1.807) is 7.05 Å². The Morgan fingerprint density at radius 1 is 1.00 bits per heavy atom. The van der Waals surface area contributed by atoms with Gasteiger partial charge in [0.1, 0.15) is 5.41 Å². The number of benzene rings is 2. The highest BCUT2D eigenvalue weighted by atomic mass is 16.2. The summed E-state index contributed by atoms with van der Waals surface area (Å²) in [5.41, 5.74) is 1.35. The average molecular weight is 310 g/mol. The van der Waals surface area contributed by atoms with E-state index < -0.39 is 5.41 Å². The molecule has 0 saturated carbocycles. The van der Waals surface area contributed by atoms with Crippen LogP contribution in [0.5, 0.6) is 0 Å². The second kappa shape index (κ2) is 7.42. The summed E-state index contributed by atoms with van der Waals surface area (Å²) in [5, 5.41) is 2.90. The summed E-state index contributed by atoms with van der Waals surface area (Å²) in [6, 6.07) is 20.2. The lowest BCUT2D eigenvalue weighted by Crippen LogP contribution is -2.51. The number of nitrogens with zero attached hydrogens (tertiary/aromatic N) is 1. The van der Waals surface area contributed by atoms with E-state index >= 15 is 0 Å². The third-order valence-electron chi connectivity index (χ3n) is 4.42. The molecule has 0 radical (unpaired) electrons. The molecular formula is C20H26N2O. The predicted octanol–water partition coefficient (Wildman–Crippen LogP) is 2.92.